The van der Waals surface area contributed by atoms with Gasteiger partial charge in [-0.3, -0.25) is 0 Å². The quantitative estimate of drug-likeness (QED) is 0.881. The Hall–Kier alpha value is -1.67. The van der Waals surface area contributed by atoms with Crippen molar-refractivity contribution in [2.45, 2.75) is 6.42 Å². The number of nitrogens with one attached hydrogen (secondary N) is 1. The maximum Gasteiger partial charge on any atom is 0.138 e. The first-order chi connectivity index (χ1) is 8.78. The van der Waals surface area contributed by atoms with Gasteiger partial charge in [-0.1, -0.05) is 29.8 Å². The number of benzene rings is 2. The monoisotopic (exact) mass is 259 g/mol. The zero-order chi connectivity index (χ0) is 12.5. The van der Waals surface area contributed by atoms with Crippen molar-refractivity contribution in [1.29, 1.82) is 0 Å². The molecule has 2 aromatic rings. The van der Waals surface area contributed by atoms with Crippen LogP contribution in [-0.4, -0.2) is 13.7 Å². The number of anilines is 1. The van der Waals surface area contributed by atoms with E-state index in [-0.39, 0.29) is 0 Å². The molecular weight excluding hydrogens is 246 g/mol. The lowest BCUT2D eigenvalue weighted by atomic mass is 10.0. The molecule has 92 valence electrons. The lowest BCUT2D eigenvalue weighted by Crippen LogP contribution is -1.91. The van der Waals surface area contributed by atoms with Crippen LogP contribution < -0.4 is 10.1 Å². The summed E-state index contributed by atoms with van der Waals surface area (Å²) < 4.78 is 5.25. The van der Waals surface area contributed by atoms with Gasteiger partial charge in [-0.05, 0) is 41.3 Å². The lowest BCUT2D eigenvalue weighted by molar-refractivity contribution is 0.415. The van der Waals surface area contributed by atoms with Crippen LogP contribution in [0.1, 0.15) is 5.56 Å². The standard InChI is InChI=1S/C15H14ClNO/c1-18-15-9-12(4-5-13(15)16)11-3-2-10-6-7-17-14(10)8-11/h2-5,8-9,17H,6-7H2,1H3. The molecule has 2 aromatic carbocycles. The van der Waals surface area contributed by atoms with Gasteiger partial charge in [-0.15, -0.1) is 0 Å². The number of methoxy groups -OCH3 is 1. The smallest absolute Gasteiger partial charge is 0.138 e. The maximum atomic E-state index is 6.04. The van der Waals surface area contributed by atoms with Crippen LogP contribution in [0.5, 0.6) is 5.75 Å². The van der Waals surface area contributed by atoms with Crippen molar-refractivity contribution in [2.75, 3.05) is 19.0 Å². The predicted octanol–water partition coefficient (Wildman–Crippen LogP) is 3.98. The van der Waals surface area contributed by atoms with Crippen molar-refractivity contribution >= 4 is 17.3 Å². The molecule has 0 radical (unpaired) electrons. The largest absolute Gasteiger partial charge is 0.495 e. The van der Waals surface area contributed by atoms with Crippen molar-refractivity contribution in [3.63, 3.8) is 0 Å². The second kappa shape index (κ2) is 4.54. The Bertz CT molecular complexity index is 586. The number of ether oxygens (including phenoxy) is 1. The highest BCUT2D eigenvalue weighted by atomic mass is 35.5. The van der Waals surface area contributed by atoms with E-state index in [9.17, 15) is 0 Å². The Morgan fingerprint density at radius 1 is 1.11 bits per heavy atom. The first-order valence-corrected chi connectivity index (χ1v) is 6.36. The molecule has 0 aliphatic carbocycles. The zero-order valence-electron chi connectivity index (χ0n) is 10.2. The number of fused-ring (bicyclic) bond motifs is 1. The van der Waals surface area contributed by atoms with Crippen LogP contribution in [0, 0.1) is 0 Å². The highest BCUT2D eigenvalue weighted by Crippen LogP contribution is 2.33. The molecule has 1 heterocycles. The van der Waals surface area contributed by atoms with Gasteiger partial charge in [0.25, 0.3) is 0 Å². The van der Waals surface area contributed by atoms with E-state index in [0.717, 1.165) is 18.5 Å². The molecule has 18 heavy (non-hydrogen) atoms. The van der Waals surface area contributed by atoms with Crippen LogP contribution in [-0.2, 0) is 6.42 Å². The molecule has 0 unspecified atom stereocenters. The summed E-state index contributed by atoms with van der Waals surface area (Å²) in [6.45, 7) is 1.03. The average Bonchev–Trinajstić information content (AvgIpc) is 2.86. The Kier molecular flexibility index (Phi) is 2.88. The molecule has 3 heteroatoms. The molecule has 3 rings (SSSR count). The first kappa shape index (κ1) is 11.4. The van der Waals surface area contributed by atoms with Gasteiger partial charge < -0.3 is 10.1 Å². The molecule has 0 saturated carbocycles. The first-order valence-electron chi connectivity index (χ1n) is 5.98. The molecule has 1 aliphatic rings. The van der Waals surface area contributed by atoms with Gasteiger partial charge in [-0.2, -0.15) is 0 Å². The van der Waals surface area contributed by atoms with Crippen LogP contribution in [0.15, 0.2) is 36.4 Å². The topological polar surface area (TPSA) is 21.3 Å². The van der Waals surface area contributed by atoms with E-state index >= 15 is 0 Å². The molecule has 0 atom stereocenters. The average molecular weight is 260 g/mol. The third kappa shape index (κ3) is 1.93. The summed E-state index contributed by atoms with van der Waals surface area (Å²) in [5, 5.41) is 4.03. The second-order valence-corrected chi connectivity index (χ2v) is 4.81. The molecule has 0 fully saturated rings. The van der Waals surface area contributed by atoms with Crippen LogP contribution >= 0.6 is 11.6 Å². The highest BCUT2D eigenvalue weighted by molar-refractivity contribution is 6.32. The molecular formula is C15H14ClNO. The predicted molar refractivity (Wildman–Crippen MR) is 75.6 cm³/mol. The van der Waals surface area contributed by atoms with Gasteiger partial charge >= 0.3 is 0 Å². The van der Waals surface area contributed by atoms with Gasteiger partial charge in [0.2, 0.25) is 0 Å². The molecule has 2 nitrogen and oxygen atoms in total. The van der Waals surface area contributed by atoms with Gasteiger partial charge in [0.15, 0.2) is 0 Å². The lowest BCUT2D eigenvalue weighted by Gasteiger charge is -2.08. The summed E-state index contributed by atoms with van der Waals surface area (Å²) in [4.78, 5) is 0. The van der Waals surface area contributed by atoms with E-state index in [1.165, 1.54) is 16.8 Å². The van der Waals surface area contributed by atoms with Crippen molar-refractivity contribution in [3.05, 3.63) is 47.0 Å². The van der Waals surface area contributed by atoms with Gasteiger partial charge in [-0.25, -0.2) is 0 Å². The van der Waals surface area contributed by atoms with E-state index in [1.807, 2.05) is 18.2 Å². The molecule has 0 aromatic heterocycles. The second-order valence-electron chi connectivity index (χ2n) is 4.40. The summed E-state index contributed by atoms with van der Waals surface area (Å²) in [6.07, 6.45) is 1.11. The van der Waals surface area contributed by atoms with Crippen molar-refractivity contribution in [2.24, 2.45) is 0 Å². The summed E-state index contributed by atoms with van der Waals surface area (Å²) in [6, 6.07) is 12.4. The minimum absolute atomic E-state index is 0.639. The minimum Gasteiger partial charge on any atom is -0.495 e. The van der Waals surface area contributed by atoms with Crippen LogP contribution in [0.25, 0.3) is 11.1 Å². The van der Waals surface area contributed by atoms with Gasteiger partial charge in [0.1, 0.15) is 5.75 Å². The van der Waals surface area contributed by atoms with Crippen molar-refractivity contribution in [3.8, 4) is 16.9 Å². The zero-order valence-corrected chi connectivity index (χ0v) is 10.9. The third-order valence-corrected chi connectivity index (χ3v) is 3.62. The Morgan fingerprint density at radius 2 is 1.89 bits per heavy atom. The Labute approximate surface area is 112 Å². The van der Waals surface area contributed by atoms with E-state index in [0.29, 0.717) is 10.8 Å². The van der Waals surface area contributed by atoms with Crippen molar-refractivity contribution < 1.29 is 4.74 Å². The van der Waals surface area contributed by atoms with E-state index < -0.39 is 0 Å². The van der Waals surface area contributed by atoms with Crippen LogP contribution in [0.4, 0.5) is 5.69 Å². The number of hydrogen-bond acceptors (Lipinski definition) is 2. The normalized spacial score (nSPS) is 13.0. The molecule has 1 N–H and O–H groups in total. The van der Waals surface area contributed by atoms with E-state index in [1.54, 1.807) is 7.11 Å². The highest BCUT2D eigenvalue weighted by Gasteiger charge is 2.11. The van der Waals surface area contributed by atoms with Gasteiger partial charge in [0, 0.05) is 12.2 Å². The van der Waals surface area contributed by atoms with Crippen LogP contribution in [0.2, 0.25) is 5.02 Å². The van der Waals surface area contributed by atoms with Crippen molar-refractivity contribution in [1.82, 2.24) is 0 Å². The number of halogens is 1. The molecule has 0 spiro atoms. The van der Waals surface area contributed by atoms with E-state index in [4.69, 9.17) is 16.3 Å². The molecule has 0 bridgehead atoms. The maximum absolute atomic E-state index is 6.04. The summed E-state index contributed by atoms with van der Waals surface area (Å²) in [5.74, 6) is 0.711. The third-order valence-electron chi connectivity index (χ3n) is 3.30. The molecule has 1 aliphatic heterocycles. The fourth-order valence-electron chi connectivity index (χ4n) is 2.31. The fourth-order valence-corrected chi connectivity index (χ4v) is 2.50. The summed E-state index contributed by atoms with van der Waals surface area (Å²) >= 11 is 6.04. The minimum atomic E-state index is 0.639. The SMILES string of the molecule is COc1cc(-c2ccc3c(c2)NCC3)ccc1Cl. The number of rotatable bonds is 2. The Balaban J connectivity index is 2.04. The molecule has 0 amide bonds. The van der Waals surface area contributed by atoms with Gasteiger partial charge in [0.05, 0.1) is 12.1 Å². The fraction of sp³-hybridized carbons (Fsp3) is 0.200. The summed E-state index contributed by atoms with van der Waals surface area (Å²) in [5.41, 5.74) is 4.92. The van der Waals surface area contributed by atoms with Crippen LogP contribution in [0.3, 0.4) is 0 Å². The Morgan fingerprint density at radius 3 is 2.72 bits per heavy atom. The molecule has 0 saturated heterocycles. The number of hydrogen-bond donors (Lipinski definition) is 1. The summed E-state index contributed by atoms with van der Waals surface area (Å²) in [7, 11) is 1.63. The van der Waals surface area contributed by atoms with E-state index in [2.05, 4.69) is 23.5 Å².